The van der Waals surface area contributed by atoms with Crippen molar-refractivity contribution in [1.29, 1.82) is 0 Å². The summed E-state index contributed by atoms with van der Waals surface area (Å²) in [5, 5.41) is 24.1. The summed E-state index contributed by atoms with van der Waals surface area (Å²) in [6, 6.07) is 18.2. The number of hydrogen-bond acceptors (Lipinski definition) is 4. The van der Waals surface area contributed by atoms with E-state index in [4.69, 9.17) is 0 Å². The van der Waals surface area contributed by atoms with Crippen LogP contribution >= 0.6 is 0 Å². The normalized spacial score (nSPS) is 15.4. The van der Waals surface area contributed by atoms with Gasteiger partial charge in [-0.1, -0.05) is 57.6 Å². The van der Waals surface area contributed by atoms with E-state index < -0.39 is 9.85 Å². The Hall–Kier alpha value is -3.74. The Kier molecular flexibility index (Phi) is 6.48. The molecule has 0 atom stereocenters. The summed E-state index contributed by atoms with van der Waals surface area (Å²) in [7, 11) is 0. The van der Waals surface area contributed by atoms with Gasteiger partial charge >= 0.3 is 0 Å². The quantitative estimate of drug-likeness (QED) is 0.142. The van der Waals surface area contributed by atoms with E-state index in [1.165, 1.54) is 87.6 Å². The fourth-order valence-corrected chi connectivity index (χ4v) is 6.09. The molecule has 186 valence electrons. The van der Waals surface area contributed by atoms with E-state index in [9.17, 15) is 20.2 Å². The van der Waals surface area contributed by atoms with E-state index in [-0.39, 0.29) is 16.8 Å². The van der Waals surface area contributed by atoms with Crippen LogP contribution in [-0.2, 0) is 5.41 Å². The summed E-state index contributed by atoms with van der Waals surface area (Å²) in [5.41, 5.74) is 4.10. The number of nitro benzene ring substituents is 2. The molecule has 5 rings (SSSR count). The monoisotopic (exact) mass is 485 g/mol. The van der Waals surface area contributed by atoms with Crippen LogP contribution in [0, 0.1) is 20.2 Å². The molecule has 0 radical (unpaired) electrons. The van der Waals surface area contributed by atoms with E-state index in [0.717, 1.165) is 16.7 Å². The highest BCUT2D eigenvalue weighted by Gasteiger charge is 2.33. The molecule has 1 aromatic heterocycles. The van der Waals surface area contributed by atoms with Gasteiger partial charge in [-0.15, -0.1) is 0 Å². The predicted molar refractivity (Wildman–Crippen MR) is 143 cm³/mol. The third-order valence-corrected chi connectivity index (χ3v) is 7.96. The van der Waals surface area contributed by atoms with Gasteiger partial charge < -0.3 is 4.57 Å². The molecule has 0 unspecified atom stereocenters. The van der Waals surface area contributed by atoms with E-state index in [1.54, 1.807) is 12.1 Å². The first-order chi connectivity index (χ1) is 17.4. The Bertz CT molecular complexity index is 1360. The molecule has 0 saturated heterocycles. The van der Waals surface area contributed by atoms with Crippen molar-refractivity contribution in [2.45, 2.75) is 70.1 Å². The van der Waals surface area contributed by atoms with E-state index in [0.29, 0.717) is 10.8 Å². The molecule has 4 aromatic rings. The predicted octanol–water partition coefficient (Wildman–Crippen LogP) is 8.38. The number of unbranched alkanes of at least 4 members (excludes halogenated alkanes) is 2. The number of rotatable bonds is 8. The van der Waals surface area contributed by atoms with Crippen LogP contribution in [0.15, 0.2) is 60.7 Å². The molecule has 0 amide bonds. The van der Waals surface area contributed by atoms with Crippen LogP contribution in [0.2, 0.25) is 0 Å². The second-order valence-corrected chi connectivity index (χ2v) is 10.1. The smallest absolute Gasteiger partial charge is 0.270 e. The van der Waals surface area contributed by atoms with Crippen LogP contribution < -0.4 is 0 Å². The lowest BCUT2D eigenvalue weighted by Crippen LogP contribution is -2.29. The molecular weight excluding hydrogens is 454 g/mol. The molecule has 1 fully saturated rings. The number of nitrogens with zero attached hydrogens (tertiary/aromatic N) is 3. The molecule has 7 heteroatoms. The Morgan fingerprint density at radius 2 is 1.33 bits per heavy atom. The van der Waals surface area contributed by atoms with Gasteiger partial charge in [-0.25, -0.2) is 0 Å². The summed E-state index contributed by atoms with van der Waals surface area (Å²) in [4.78, 5) is 22.0. The summed E-state index contributed by atoms with van der Waals surface area (Å²) in [5.74, 6) is 0. The lowest BCUT2D eigenvalue weighted by molar-refractivity contribution is -0.385. The average Bonchev–Trinajstić information content (AvgIpc) is 3.22. The summed E-state index contributed by atoms with van der Waals surface area (Å²) in [6.45, 7) is 2.25. The molecule has 0 aliphatic heterocycles. The largest absolute Gasteiger partial charge is 0.309 e. The van der Waals surface area contributed by atoms with Crippen molar-refractivity contribution in [3.8, 4) is 5.69 Å². The van der Waals surface area contributed by atoms with Crippen molar-refractivity contribution in [3.05, 3.63) is 86.5 Å². The second-order valence-electron chi connectivity index (χ2n) is 10.1. The Balaban J connectivity index is 1.63. The van der Waals surface area contributed by atoms with Crippen molar-refractivity contribution in [2.75, 3.05) is 0 Å². The van der Waals surface area contributed by atoms with Crippen molar-refractivity contribution >= 4 is 33.2 Å². The van der Waals surface area contributed by atoms with Crippen LogP contribution in [0.25, 0.3) is 27.5 Å². The minimum Gasteiger partial charge on any atom is -0.309 e. The Morgan fingerprint density at radius 1 is 0.778 bits per heavy atom. The van der Waals surface area contributed by atoms with Crippen molar-refractivity contribution in [1.82, 2.24) is 4.57 Å². The minimum atomic E-state index is -0.434. The SMILES string of the molecule is CCCCCC1(c2ccc(-n3c4ccc([N+](=O)[O-])cc4c4cc([N+](=O)[O-])ccc43)cc2)CCCCC1. The number of aromatic nitrogens is 1. The molecule has 1 aliphatic rings. The molecule has 0 bridgehead atoms. The molecule has 1 aliphatic carbocycles. The molecule has 1 saturated carbocycles. The number of fused-ring (bicyclic) bond motifs is 3. The topological polar surface area (TPSA) is 91.2 Å². The van der Waals surface area contributed by atoms with Gasteiger partial charge in [0.25, 0.3) is 11.4 Å². The lowest BCUT2D eigenvalue weighted by Gasteiger charge is -2.38. The van der Waals surface area contributed by atoms with E-state index >= 15 is 0 Å². The number of benzene rings is 3. The first-order valence-electron chi connectivity index (χ1n) is 12.9. The van der Waals surface area contributed by atoms with E-state index in [1.807, 2.05) is 4.57 Å². The first-order valence-corrected chi connectivity index (χ1v) is 12.9. The third kappa shape index (κ3) is 4.23. The fourth-order valence-electron chi connectivity index (χ4n) is 6.09. The minimum absolute atomic E-state index is 0.0327. The Labute approximate surface area is 210 Å². The van der Waals surface area contributed by atoms with Gasteiger partial charge in [0.1, 0.15) is 0 Å². The maximum atomic E-state index is 11.4. The highest BCUT2D eigenvalue weighted by molar-refractivity contribution is 6.10. The van der Waals surface area contributed by atoms with Gasteiger partial charge in [0, 0.05) is 40.7 Å². The summed E-state index contributed by atoms with van der Waals surface area (Å²) < 4.78 is 2.05. The lowest BCUT2D eigenvalue weighted by atomic mass is 9.66. The van der Waals surface area contributed by atoms with Crippen LogP contribution in [0.3, 0.4) is 0 Å². The number of non-ortho nitro benzene ring substituents is 2. The average molecular weight is 486 g/mol. The maximum Gasteiger partial charge on any atom is 0.270 e. The Morgan fingerprint density at radius 3 is 1.83 bits per heavy atom. The number of nitro groups is 2. The van der Waals surface area contributed by atoms with Crippen molar-refractivity contribution in [3.63, 3.8) is 0 Å². The van der Waals surface area contributed by atoms with Crippen molar-refractivity contribution in [2.24, 2.45) is 0 Å². The van der Waals surface area contributed by atoms with Gasteiger partial charge in [-0.05, 0) is 54.5 Å². The standard InChI is InChI=1S/C29H31N3O4/c1-2-3-5-16-29(17-6-4-7-18-29)21-8-10-22(11-9-21)30-27-14-12-23(31(33)34)19-25(27)26-20-24(32(35)36)13-15-28(26)30/h8-15,19-20H,2-7,16-18H2,1H3. The summed E-state index contributed by atoms with van der Waals surface area (Å²) in [6.07, 6.45) is 11.3. The molecule has 7 nitrogen and oxygen atoms in total. The van der Waals surface area contributed by atoms with Gasteiger partial charge in [-0.2, -0.15) is 0 Å². The van der Waals surface area contributed by atoms with Gasteiger partial charge in [0.2, 0.25) is 0 Å². The van der Waals surface area contributed by atoms with Gasteiger partial charge in [0.05, 0.1) is 20.9 Å². The zero-order valence-electron chi connectivity index (χ0n) is 20.6. The molecule has 36 heavy (non-hydrogen) atoms. The highest BCUT2D eigenvalue weighted by Crippen LogP contribution is 2.44. The summed E-state index contributed by atoms with van der Waals surface area (Å²) >= 11 is 0. The van der Waals surface area contributed by atoms with Crippen LogP contribution in [0.4, 0.5) is 11.4 Å². The molecule has 1 heterocycles. The molecule has 0 spiro atoms. The molecule has 3 aromatic carbocycles. The van der Waals surface area contributed by atoms with E-state index in [2.05, 4.69) is 31.2 Å². The van der Waals surface area contributed by atoms with Crippen LogP contribution in [-0.4, -0.2) is 14.4 Å². The zero-order chi connectivity index (χ0) is 25.3. The van der Waals surface area contributed by atoms with Gasteiger partial charge in [-0.3, -0.25) is 20.2 Å². The van der Waals surface area contributed by atoms with Crippen LogP contribution in [0.5, 0.6) is 0 Å². The second kappa shape index (κ2) is 9.72. The van der Waals surface area contributed by atoms with Crippen LogP contribution in [0.1, 0.15) is 70.3 Å². The number of hydrogen-bond donors (Lipinski definition) is 0. The molecular formula is C29H31N3O4. The first kappa shape index (κ1) is 24.0. The van der Waals surface area contributed by atoms with Crippen molar-refractivity contribution < 1.29 is 9.85 Å². The highest BCUT2D eigenvalue weighted by atomic mass is 16.6. The fraction of sp³-hybridized carbons (Fsp3) is 0.379. The third-order valence-electron chi connectivity index (χ3n) is 7.96. The maximum absolute atomic E-state index is 11.4. The zero-order valence-corrected chi connectivity index (χ0v) is 20.6. The van der Waals surface area contributed by atoms with Gasteiger partial charge in [0.15, 0.2) is 0 Å². The molecule has 0 N–H and O–H groups in total.